The number of para-hydroxylation sites is 1. The van der Waals surface area contributed by atoms with Crippen LogP contribution in [0.4, 0.5) is 0 Å². The lowest BCUT2D eigenvalue weighted by Crippen LogP contribution is -2.58. The second kappa shape index (κ2) is 24.0. The number of thioether (sulfide) groups is 1. The first-order chi connectivity index (χ1) is 33.6. The molecule has 8 rings (SSSR count). The maximum Gasteiger partial charge on any atom is 0.332 e. The van der Waals surface area contributed by atoms with E-state index in [1.165, 1.54) is 4.90 Å². The van der Waals surface area contributed by atoms with Gasteiger partial charge in [-0.3, -0.25) is 24.0 Å². The predicted octanol–water partition coefficient (Wildman–Crippen LogP) is 4.73. The third-order valence-corrected chi connectivity index (χ3v) is 15.1. The largest absolute Gasteiger partial charge is 0.459 e. The van der Waals surface area contributed by atoms with Crippen LogP contribution in [0.2, 0.25) is 0 Å². The molecule has 4 fully saturated rings. The van der Waals surface area contributed by atoms with E-state index in [0.29, 0.717) is 43.2 Å². The number of esters is 1. The van der Waals surface area contributed by atoms with Crippen LogP contribution in [0.15, 0.2) is 104 Å². The van der Waals surface area contributed by atoms with E-state index < -0.39 is 53.8 Å². The van der Waals surface area contributed by atoms with E-state index in [1.54, 1.807) is 0 Å². The van der Waals surface area contributed by atoms with Crippen LogP contribution in [0.1, 0.15) is 68.1 Å². The van der Waals surface area contributed by atoms with E-state index in [0.717, 1.165) is 58.4 Å². The standard InChI is InChI=1S/C53H64N6O9S/c1-34-55-45-33-69-48(50(45)56-34)21-11-8-17-39(60)18-12-22-66-23-24-67-32-49(62)68-40-29-46-52(64)57-43(25-35-13-4-2-5-14-35)47(61)28-37(27-38-30-54-42-20-10-9-19-41(38)42)51(63)58-44(53(65)59(46)31-40)26-36-15-6-3-7-16-36/h2-7,9-10,13-16,19-20,30,37,40,43-46,48,50,54-56H,1,8,11-12,17-18,21-29,31-33H2,(H,57,64)(H,58,63)/t37-,40+,43-,44-,45-,46+,48-,50-/m0/s1. The van der Waals surface area contributed by atoms with E-state index in [1.807, 2.05) is 103 Å². The number of aromatic nitrogens is 1. The number of ether oxygens (including phenoxy) is 3. The van der Waals surface area contributed by atoms with E-state index in [4.69, 9.17) is 14.2 Å². The van der Waals surface area contributed by atoms with Gasteiger partial charge in [0, 0.05) is 72.7 Å². The van der Waals surface area contributed by atoms with Crippen molar-refractivity contribution in [1.29, 1.82) is 0 Å². The Morgan fingerprint density at radius 1 is 0.739 bits per heavy atom. The molecule has 0 bridgehead atoms. The van der Waals surface area contributed by atoms with Crippen LogP contribution in [-0.4, -0.2) is 125 Å². The number of hydrogen-bond donors (Lipinski definition) is 5. The molecule has 4 aliphatic heterocycles. The molecule has 0 radical (unpaired) electrons. The second-order valence-electron chi connectivity index (χ2n) is 18.6. The molecule has 366 valence electrons. The van der Waals surface area contributed by atoms with Gasteiger partial charge < -0.3 is 45.4 Å². The molecule has 16 heteroatoms. The maximum atomic E-state index is 14.8. The molecule has 4 aliphatic rings. The third-order valence-electron chi connectivity index (χ3n) is 13.5. The summed E-state index contributed by atoms with van der Waals surface area (Å²) < 4.78 is 17.0. The minimum Gasteiger partial charge on any atom is -0.459 e. The van der Waals surface area contributed by atoms with Gasteiger partial charge in [0.2, 0.25) is 17.7 Å². The van der Waals surface area contributed by atoms with Gasteiger partial charge in [0.15, 0.2) is 5.78 Å². The Labute approximate surface area is 407 Å². The van der Waals surface area contributed by atoms with Crippen LogP contribution in [0, 0.1) is 5.92 Å². The zero-order chi connectivity index (χ0) is 48.1. The van der Waals surface area contributed by atoms with E-state index in [9.17, 15) is 28.8 Å². The van der Waals surface area contributed by atoms with Gasteiger partial charge in [-0.15, -0.1) is 0 Å². The highest BCUT2D eigenvalue weighted by Gasteiger charge is 2.46. The van der Waals surface area contributed by atoms with Gasteiger partial charge in [-0.1, -0.05) is 91.9 Å². The lowest BCUT2D eigenvalue weighted by Gasteiger charge is -2.32. The Morgan fingerprint density at radius 2 is 1.43 bits per heavy atom. The fourth-order valence-corrected chi connectivity index (χ4v) is 11.5. The van der Waals surface area contributed by atoms with Crippen molar-refractivity contribution >= 4 is 57.9 Å². The first-order valence-corrected chi connectivity index (χ1v) is 25.4. The van der Waals surface area contributed by atoms with Crippen molar-refractivity contribution in [2.24, 2.45) is 5.92 Å². The van der Waals surface area contributed by atoms with Gasteiger partial charge in [-0.05, 0) is 54.9 Å². The quantitative estimate of drug-likeness (QED) is 0.0570. The first-order valence-electron chi connectivity index (χ1n) is 24.3. The number of nitrogens with one attached hydrogen (secondary N) is 5. The molecule has 1 aromatic heterocycles. The molecule has 69 heavy (non-hydrogen) atoms. The molecule has 0 spiro atoms. The van der Waals surface area contributed by atoms with Crippen molar-refractivity contribution in [1.82, 2.24) is 31.2 Å². The van der Waals surface area contributed by atoms with Crippen molar-refractivity contribution in [2.45, 2.75) is 112 Å². The molecule has 15 nitrogen and oxygen atoms in total. The van der Waals surface area contributed by atoms with Crippen molar-refractivity contribution in [3.63, 3.8) is 0 Å². The minimum absolute atomic E-state index is 0.0151. The van der Waals surface area contributed by atoms with Crippen molar-refractivity contribution in [3.8, 4) is 0 Å². The smallest absolute Gasteiger partial charge is 0.332 e. The first kappa shape index (κ1) is 49.5. The number of amides is 3. The number of Topliss-reactive ketones (excluding diaryl/α,β-unsaturated/α-hetero) is 2. The molecule has 3 amide bonds. The average Bonchev–Trinajstić information content (AvgIpc) is 4.14. The summed E-state index contributed by atoms with van der Waals surface area (Å²) in [5, 5.41) is 14.3. The van der Waals surface area contributed by atoms with Crippen molar-refractivity contribution in [2.75, 3.05) is 38.7 Å². The number of ketones is 2. The molecule has 8 atom stereocenters. The maximum absolute atomic E-state index is 14.8. The summed E-state index contributed by atoms with van der Waals surface area (Å²) in [6, 6.07) is 24.0. The number of H-pyrrole nitrogens is 1. The van der Waals surface area contributed by atoms with Crippen LogP contribution in [0.25, 0.3) is 10.9 Å². The van der Waals surface area contributed by atoms with Gasteiger partial charge >= 0.3 is 5.97 Å². The van der Waals surface area contributed by atoms with E-state index >= 15 is 0 Å². The van der Waals surface area contributed by atoms with Gasteiger partial charge in [0.25, 0.3) is 0 Å². The third kappa shape index (κ3) is 13.4. The molecular formula is C53H64N6O9S. The lowest BCUT2D eigenvalue weighted by atomic mass is 9.88. The normalized spacial score (nSPS) is 24.9. The summed E-state index contributed by atoms with van der Waals surface area (Å²) in [5.74, 6) is -1.12. The summed E-state index contributed by atoms with van der Waals surface area (Å²) in [7, 11) is 0. The van der Waals surface area contributed by atoms with Crippen LogP contribution in [0.5, 0.6) is 0 Å². The summed E-state index contributed by atoms with van der Waals surface area (Å²) in [5.41, 5.74) is 3.35. The Kier molecular flexibility index (Phi) is 17.2. The molecule has 4 aromatic rings. The SMILES string of the molecule is C=C1N[C@H]2[C@H](CS[C@H]2CCCCC(=O)CCCOCCOCC(=O)O[C@@H]2C[C@@H]3C(=O)N[C@@H](Cc4ccccc4)C(=O)C[C@H](Cc4c[nH]c5ccccc45)C(=O)N[C@@H](Cc4ccccc4)C(=O)N3C2)N1. The summed E-state index contributed by atoms with van der Waals surface area (Å²) in [6.07, 6.45) is 5.93. The van der Waals surface area contributed by atoms with Crippen LogP contribution >= 0.6 is 11.8 Å². The summed E-state index contributed by atoms with van der Waals surface area (Å²) >= 11 is 1.99. The molecule has 3 aromatic carbocycles. The highest BCUT2D eigenvalue weighted by atomic mass is 32.2. The Hall–Kier alpha value is -5.97. The van der Waals surface area contributed by atoms with Crippen molar-refractivity contribution in [3.05, 3.63) is 120 Å². The average molecular weight is 961 g/mol. The summed E-state index contributed by atoms with van der Waals surface area (Å²) in [6.45, 7) is 4.26. The molecular weight excluding hydrogens is 897 g/mol. The predicted molar refractivity (Wildman–Crippen MR) is 263 cm³/mol. The number of carbonyl (C=O) groups is 6. The monoisotopic (exact) mass is 960 g/mol. The Morgan fingerprint density at radius 3 is 2.22 bits per heavy atom. The molecule has 4 saturated heterocycles. The zero-order valence-corrected chi connectivity index (χ0v) is 39.9. The fourth-order valence-electron chi connectivity index (χ4n) is 9.99. The molecule has 5 N–H and O–H groups in total. The van der Waals surface area contributed by atoms with Crippen molar-refractivity contribution < 1.29 is 43.0 Å². The summed E-state index contributed by atoms with van der Waals surface area (Å²) in [4.78, 5) is 88.3. The highest BCUT2D eigenvalue weighted by molar-refractivity contribution is 8.00. The number of benzene rings is 3. The lowest BCUT2D eigenvalue weighted by molar-refractivity contribution is -0.155. The van der Waals surface area contributed by atoms with Crippen LogP contribution in [-0.2, 0) is 62.2 Å². The second-order valence-corrected chi connectivity index (χ2v) is 19.9. The van der Waals surface area contributed by atoms with Gasteiger partial charge in [-0.2, -0.15) is 11.8 Å². The number of rotatable bonds is 21. The van der Waals surface area contributed by atoms with E-state index in [2.05, 4.69) is 32.8 Å². The number of hydrogen-bond acceptors (Lipinski definition) is 12. The number of aromatic amines is 1. The molecule has 0 saturated carbocycles. The number of fused-ring (bicyclic) bond motifs is 3. The number of carbonyl (C=O) groups excluding carboxylic acids is 6. The Balaban J connectivity index is 0.848. The van der Waals surface area contributed by atoms with Crippen LogP contribution < -0.4 is 21.3 Å². The zero-order valence-electron chi connectivity index (χ0n) is 39.0. The molecule has 5 heterocycles. The fraction of sp³-hybridized carbons (Fsp3) is 0.472. The Bertz CT molecular complexity index is 2430. The number of nitrogens with zero attached hydrogens (tertiary/aromatic N) is 1. The highest BCUT2D eigenvalue weighted by Crippen LogP contribution is 2.34. The topological polar surface area (TPSA) is 197 Å². The van der Waals surface area contributed by atoms with Gasteiger partial charge in [0.1, 0.15) is 30.6 Å². The van der Waals surface area contributed by atoms with Gasteiger partial charge in [-0.25, -0.2) is 4.79 Å². The number of unbranched alkanes of at least 4 members (excludes halogenated alkanes) is 1. The van der Waals surface area contributed by atoms with E-state index in [-0.39, 0.29) is 70.0 Å². The van der Waals surface area contributed by atoms with Crippen LogP contribution in [0.3, 0.4) is 0 Å². The minimum atomic E-state index is -1.09. The molecule has 0 aliphatic carbocycles. The molecule has 0 unspecified atom stereocenters. The van der Waals surface area contributed by atoms with Gasteiger partial charge in [0.05, 0.1) is 43.7 Å².